The maximum absolute atomic E-state index is 6.61. The van der Waals surface area contributed by atoms with E-state index in [1.807, 2.05) is 6.92 Å². The van der Waals surface area contributed by atoms with E-state index in [-0.39, 0.29) is 12.2 Å². The molecule has 0 aromatic rings. The summed E-state index contributed by atoms with van der Waals surface area (Å²) in [4.78, 5) is 0. The third kappa shape index (κ3) is 4.30. The van der Waals surface area contributed by atoms with Gasteiger partial charge in [0.25, 0.3) is 0 Å². The lowest BCUT2D eigenvalue weighted by molar-refractivity contribution is 0.115. The van der Waals surface area contributed by atoms with Crippen molar-refractivity contribution in [2.24, 2.45) is 5.92 Å². The Hall–Kier alpha value is -0.383. The minimum absolute atomic E-state index is 0.0635. The Morgan fingerprint density at radius 2 is 1.60 bits per heavy atom. The summed E-state index contributed by atoms with van der Waals surface area (Å²) < 4.78 is 13.1. The van der Waals surface area contributed by atoms with Gasteiger partial charge in [0.15, 0.2) is 0 Å². The zero-order valence-electron chi connectivity index (χ0n) is 14.2. The summed E-state index contributed by atoms with van der Waals surface area (Å²) in [5.74, 6) is 0.633. The quantitative estimate of drug-likeness (QED) is 0.512. The Labute approximate surface area is 126 Å². The van der Waals surface area contributed by atoms with Crippen molar-refractivity contribution < 1.29 is 8.85 Å². The molecule has 2 atom stereocenters. The molecule has 1 rings (SSSR count). The molecule has 1 aliphatic rings. The van der Waals surface area contributed by atoms with Gasteiger partial charge in [0.2, 0.25) is 0 Å². The van der Waals surface area contributed by atoms with E-state index in [9.17, 15) is 0 Å². The van der Waals surface area contributed by atoms with E-state index >= 15 is 0 Å². The van der Waals surface area contributed by atoms with E-state index in [2.05, 4.69) is 65.8 Å². The highest BCUT2D eigenvalue weighted by molar-refractivity contribution is 6.70. The summed E-state index contributed by atoms with van der Waals surface area (Å²) in [6.07, 6.45) is 9.91. The van der Waals surface area contributed by atoms with Gasteiger partial charge in [-0.3, -0.25) is 0 Å². The van der Waals surface area contributed by atoms with Crippen molar-refractivity contribution in [2.75, 3.05) is 0 Å². The fourth-order valence-corrected chi connectivity index (χ4v) is 6.59. The lowest BCUT2D eigenvalue weighted by Crippen LogP contribution is -2.51. The molecule has 1 aliphatic heterocycles. The second-order valence-electron chi connectivity index (χ2n) is 6.81. The molecule has 0 radical (unpaired) electrons. The molecule has 0 saturated carbocycles. The van der Waals surface area contributed by atoms with Crippen LogP contribution in [0, 0.1) is 5.92 Å². The van der Waals surface area contributed by atoms with Crippen molar-refractivity contribution in [3.8, 4) is 0 Å². The average Bonchev–Trinajstić information content (AvgIpc) is 2.50. The summed E-state index contributed by atoms with van der Waals surface area (Å²) in [5, 5.41) is 0. The van der Waals surface area contributed by atoms with Crippen LogP contribution < -0.4 is 0 Å². The molecule has 0 spiro atoms. The Bertz CT molecular complexity index is 337. The molecule has 0 aromatic heterocycles. The van der Waals surface area contributed by atoms with E-state index in [1.54, 1.807) is 0 Å². The predicted octanol–water partition coefficient (Wildman–Crippen LogP) is 5.21. The highest BCUT2D eigenvalue weighted by Crippen LogP contribution is 2.39. The third-order valence-corrected chi connectivity index (χ3v) is 8.40. The van der Waals surface area contributed by atoms with Gasteiger partial charge < -0.3 is 8.85 Å². The molecule has 0 amide bonds. The third-order valence-electron chi connectivity index (χ3n) is 3.87. The fraction of sp³-hybridized carbons (Fsp3) is 0.765. The monoisotopic (exact) mass is 296 g/mol. The molecule has 0 saturated heterocycles. The van der Waals surface area contributed by atoms with E-state index in [0.717, 1.165) is 6.42 Å². The van der Waals surface area contributed by atoms with Crippen molar-refractivity contribution in [1.29, 1.82) is 0 Å². The van der Waals surface area contributed by atoms with Crippen molar-refractivity contribution in [1.82, 2.24) is 0 Å². The van der Waals surface area contributed by atoms with Gasteiger partial charge in [-0.05, 0) is 30.3 Å². The molecule has 1 heterocycles. The van der Waals surface area contributed by atoms with Crippen LogP contribution in [0.4, 0.5) is 0 Å². The van der Waals surface area contributed by atoms with Crippen LogP contribution in [0.15, 0.2) is 24.3 Å². The SMILES string of the molecule is C/C=C/[C@@H]1C=C[C@H](CC(C)C)O[Si](C(C)C)(C(C)C)O1. The fourth-order valence-electron chi connectivity index (χ4n) is 2.88. The minimum Gasteiger partial charge on any atom is -0.387 e. The zero-order valence-corrected chi connectivity index (χ0v) is 15.2. The Balaban J connectivity index is 3.08. The zero-order chi connectivity index (χ0) is 15.3. The summed E-state index contributed by atoms with van der Waals surface area (Å²) in [7, 11) is -2.23. The van der Waals surface area contributed by atoms with Crippen LogP contribution in [0.2, 0.25) is 11.1 Å². The summed E-state index contributed by atoms with van der Waals surface area (Å²) in [6.45, 7) is 15.5. The second-order valence-corrected chi connectivity index (χ2v) is 11.0. The molecule has 0 aromatic carbocycles. The minimum atomic E-state index is -2.23. The second kappa shape index (κ2) is 7.58. The van der Waals surface area contributed by atoms with Crippen molar-refractivity contribution in [3.05, 3.63) is 24.3 Å². The van der Waals surface area contributed by atoms with E-state index in [4.69, 9.17) is 8.85 Å². The van der Waals surface area contributed by atoms with E-state index in [0.29, 0.717) is 17.0 Å². The molecule has 0 bridgehead atoms. The van der Waals surface area contributed by atoms with Crippen LogP contribution in [0.25, 0.3) is 0 Å². The smallest absolute Gasteiger partial charge is 0.344 e. The van der Waals surface area contributed by atoms with Gasteiger partial charge in [-0.1, -0.05) is 65.8 Å². The molecule has 0 fully saturated rings. The van der Waals surface area contributed by atoms with Crippen LogP contribution in [-0.4, -0.2) is 20.8 Å². The first-order chi connectivity index (χ1) is 9.31. The maximum Gasteiger partial charge on any atom is 0.344 e. The summed E-state index contributed by atoms with van der Waals surface area (Å²) in [5.41, 5.74) is 0.898. The number of hydrogen-bond donors (Lipinski definition) is 0. The van der Waals surface area contributed by atoms with Crippen LogP contribution in [-0.2, 0) is 8.85 Å². The number of hydrogen-bond acceptors (Lipinski definition) is 2. The molecule has 0 N–H and O–H groups in total. The first kappa shape index (κ1) is 17.7. The lowest BCUT2D eigenvalue weighted by Gasteiger charge is -2.40. The standard InChI is InChI=1S/C17H32O2Si/c1-8-9-16-10-11-17(12-13(2)3)19-20(18-16,14(4)5)15(6)7/h8-11,13-17H,12H2,1-7H3/b9-8+/t16-,17-/m1/s1. The van der Waals surface area contributed by atoms with Gasteiger partial charge in [-0.25, -0.2) is 0 Å². The molecular weight excluding hydrogens is 264 g/mol. The topological polar surface area (TPSA) is 18.5 Å². The Morgan fingerprint density at radius 1 is 1.00 bits per heavy atom. The van der Waals surface area contributed by atoms with Gasteiger partial charge in [-0.15, -0.1) is 0 Å². The summed E-state index contributed by atoms with van der Waals surface area (Å²) in [6, 6.07) is 0. The van der Waals surface area contributed by atoms with Crippen LogP contribution in [0.1, 0.15) is 54.9 Å². The van der Waals surface area contributed by atoms with Crippen molar-refractivity contribution in [2.45, 2.75) is 78.2 Å². The lowest BCUT2D eigenvalue weighted by atomic mass is 10.1. The van der Waals surface area contributed by atoms with Crippen molar-refractivity contribution >= 4 is 8.56 Å². The normalized spacial score (nSPS) is 26.9. The van der Waals surface area contributed by atoms with Gasteiger partial charge in [-0.2, -0.15) is 0 Å². The van der Waals surface area contributed by atoms with Crippen LogP contribution in [0.3, 0.4) is 0 Å². The average molecular weight is 297 g/mol. The molecule has 3 heteroatoms. The van der Waals surface area contributed by atoms with E-state index < -0.39 is 8.56 Å². The first-order valence-electron chi connectivity index (χ1n) is 7.98. The van der Waals surface area contributed by atoms with Gasteiger partial charge in [0.05, 0.1) is 12.2 Å². The largest absolute Gasteiger partial charge is 0.387 e. The van der Waals surface area contributed by atoms with Crippen LogP contribution >= 0.6 is 0 Å². The molecule has 0 unspecified atom stereocenters. The highest BCUT2D eigenvalue weighted by Gasteiger charge is 2.48. The van der Waals surface area contributed by atoms with Gasteiger partial charge >= 0.3 is 8.56 Å². The Morgan fingerprint density at radius 3 is 2.05 bits per heavy atom. The van der Waals surface area contributed by atoms with Gasteiger partial charge in [0.1, 0.15) is 0 Å². The molecule has 20 heavy (non-hydrogen) atoms. The first-order valence-corrected chi connectivity index (χ1v) is 9.95. The highest BCUT2D eigenvalue weighted by atomic mass is 28.4. The maximum atomic E-state index is 6.61. The van der Waals surface area contributed by atoms with Crippen LogP contribution in [0.5, 0.6) is 0 Å². The molecule has 116 valence electrons. The molecular formula is C17H32O2Si. The molecule has 0 aliphatic carbocycles. The number of allylic oxidation sites excluding steroid dienone is 1. The Kier molecular flexibility index (Phi) is 6.69. The number of rotatable bonds is 5. The predicted molar refractivity (Wildman–Crippen MR) is 89.1 cm³/mol. The van der Waals surface area contributed by atoms with E-state index in [1.165, 1.54) is 0 Å². The molecule has 2 nitrogen and oxygen atoms in total. The van der Waals surface area contributed by atoms with Gasteiger partial charge in [0, 0.05) is 0 Å². The van der Waals surface area contributed by atoms with Crippen molar-refractivity contribution in [3.63, 3.8) is 0 Å². The summed E-state index contributed by atoms with van der Waals surface area (Å²) >= 11 is 0.